The molecule has 0 aliphatic heterocycles. The van der Waals surface area contributed by atoms with E-state index in [1.165, 1.54) is 28.1 Å². The molecule has 0 saturated heterocycles. The van der Waals surface area contributed by atoms with E-state index in [4.69, 9.17) is 0 Å². The monoisotopic (exact) mass is 378 g/mol. The first-order valence-electron chi connectivity index (χ1n) is 8.28. The number of rotatable bonds is 7. The molecule has 1 aromatic carbocycles. The Labute approximate surface area is 161 Å². The fourth-order valence-electron chi connectivity index (χ4n) is 2.33. The average Bonchev–Trinajstić information content (AvgIpc) is 3.22. The number of amides is 1. The van der Waals surface area contributed by atoms with Crippen molar-refractivity contribution in [2.45, 2.75) is 6.92 Å². The molecule has 1 amide bonds. The highest BCUT2D eigenvalue weighted by Gasteiger charge is 2.18. The van der Waals surface area contributed by atoms with Crippen molar-refractivity contribution in [2.75, 3.05) is 12.1 Å². The van der Waals surface area contributed by atoms with Crippen molar-refractivity contribution < 1.29 is 9.90 Å². The number of benzene rings is 1. The quantitative estimate of drug-likeness (QED) is 0.293. The van der Waals surface area contributed by atoms with Crippen LogP contribution in [0.1, 0.15) is 6.92 Å². The van der Waals surface area contributed by atoms with Gasteiger partial charge in [-0.25, -0.2) is 9.99 Å². The maximum atomic E-state index is 11.3. The number of para-hydroxylation sites is 1. The van der Waals surface area contributed by atoms with Crippen molar-refractivity contribution in [1.29, 1.82) is 0 Å². The number of allylic oxidation sites excluding steroid dienone is 1. The van der Waals surface area contributed by atoms with Gasteiger partial charge < -0.3 is 5.11 Å². The van der Waals surface area contributed by atoms with Crippen LogP contribution in [0.15, 0.2) is 82.9 Å². The van der Waals surface area contributed by atoms with E-state index < -0.39 is 0 Å². The fraction of sp³-hybridized carbons (Fsp3) is 0.111. The van der Waals surface area contributed by atoms with E-state index in [2.05, 4.69) is 25.3 Å². The third kappa shape index (κ3) is 4.01. The minimum Gasteiger partial charge on any atom is -0.492 e. The van der Waals surface area contributed by atoms with Crippen LogP contribution in [-0.4, -0.2) is 43.3 Å². The minimum atomic E-state index is -0.256. The molecule has 0 aliphatic rings. The Bertz CT molecular complexity index is 985. The Balaban J connectivity index is 1.92. The third-order valence-corrected chi connectivity index (χ3v) is 3.68. The van der Waals surface area contributed by atoms with Gasteiger partial charge in [0.05, 0.1) is 5.69 Å². The maximum absolute atomic E-state index is 11.3. The SMILES string of the molecule is C/C(N=Nc1ncnn1-c1ccccn1)=C(/O)N(c1ccccc1)N(C)C=O. The van der Waals surface area contributed by atoms with Gasteiger partial charge in [-0.05, 0) is 31.2 Å². The van der Waals surface area contributed by atoms with Crippen LogP contribution in [0, 0.1) is 0 Å². The molecule has 0 aliphatic carbocycles. The highest BCUT2D eigenvalue weighted by Crippen LogP contribution is 2.22. The molecule has 1 N–H and O–H groups in total. The summed E-state index contributed by atoms with van der Waals surface area (Å²) >= 11 is 0. The zero-order valence-corrected chi connectivity index (χ0v) is 15.3. The van der Waals surface area contributed by atoms with Gasteiger partial charge in [0.25, 0.3) is 5.95 Å². The summed E-state index contributed by atoms with van der Waals surface area (Å²) in [6, 6.07) is 14.3. The third-order valence-electron chi connectivity index (χ3n) is 3.68. The average molecular weight is 378 g/mol. The minimum absolute atomic E-state index is 0.174. The highest BCUT2D eigenvalue weighted by atomic mass is 16.3. The summed E-state index contributed by atoms with van der Waals surface area (Å²) in [4.78, 5) is 19.5. The van der Waals surface area contributed by atoms with E-state index in [1.807, 2.05) is 12.1 Å². The lowest BCUT2D eigenvalue weighted by Gasteiger charge is -2.29. The largest absolute Gasteiger partial charge is 0.492 e. The molecule has 0 unspecified atom stereocenters. The smallest absolute Gasteiger partial charge is 0.273 e. The van der Waals surface area contributed by atoms with E-state index in [-0.39, 0.29) is 17.5 Å². The number of anilines is 1. The topological polar surface area (TPSA) is 112 Å². The zero-order chi connectivity index (χ0) is 19.9. The molecule has 0 spiro atoms. The first kappa shape index (κ1) is 18.7. The molecular formula is C18H18N8O2. The van der Waals surface area contributed by atoms with Crippen molar-refractivity contribution in [3.63, 3.8) is 0 Å². The second-order valence-corrected chi connectivity index (χ2v) is 5.60. The van der Waals surface area contributed by atoms with Crippen molar-refractivity contribution in [3.05, 3.63) is 72.6 Å². The van der Waals surface area contributed by atoms with Crippen molar-refractivity contribution >= 4 is 18.0 Å². The maximum Gasteiger partial charge on any atom is 0.273 e. The van der Waals surface area contributed by atoms with E-state index in [1.54, 1.807) is 49.5 Å². The Kier molecular flexibility index (Phi) is 5.70. The standard InChI is InChI=1S/C18H18N8O2/c1-14(17(28)26(24(2)13-27)15-8-4-3-5-9-15)22-23-18-20-12-21-25(18)16-10-6-7-11-19-16/h3-13,28H,1-2H3/b17-14-,23-22?. The van der Waals surface area contributed by atoms with Crippen LogP contribution in [0.25, 0.3) is 5.82 Å². The van der Waals surface area contributed by atoms with Gasteiger partial charge in [0.2, 0.25) is 12.3 Å². The van der Waals surface area contributed by atoms with Crippen LogP contribution in [0.5, 0.6) is 0 Å². The van der Waals surface area contributed by atoms with Gasteiger partial charge in [-0.15, -0.1) is 10.2 Å². The highest BCUT2D eigenvalue weighted by molar-refractivity contribution is 5.58. The summed E-state index contributed by atoms with van der Waals surface area (Å²) < 4.78 is 1.42. The lowest BCUT2D eigenvalue weighted by Crippen LogP contribution is -2.38. The number of hydrogen-bond acceptors (Lipinski definition) is 8. The molecule has 0 fully saturated rings. The van der Waals surface area contributed by atoms with E-state index >= 15 is 0 Å². The molecule has 0 bridgehead atoms. The summed E-state index contributed by atoms with van der Waals surface area (Å²) in [5.74, 6) is 0.473. The molecule has 3 rings (SSSR count). The Hall–Kier alpha value is -4.08. The number of hydrogen-bond donors (Lipinski definition) is 1. The zero-order valence-electron chi connectivity index (χ0n) is 15.3. The number of carbonyl (C=O) groups excluding carboxylic acids is 1. The molecule has 142 valence electrons. The summed E-state index contributed by atoms with van der Waals surface area (Å²) in [5.41, 5.74) is 0.758. The molecule has 2 aromatic heterocycles. The first-order chi connectivity index (χ1) is 13.6. The molecular weight excluding hydrogens is 360 g/mol. The van der Waals surface area contributed by atoms with E-state index in [0.29, 0.717) is 17.9 Å². The second kappa shape index (κ2) is 8.54. The lowest BCUT2D eigenvalue weighted by atomic mass is 10.3. The normalized spacial score (nSPS) is 11.9. The number of pyridine rings is 1. The molecule has 28 heavy (non-hydrogen) atoms. The molecule has 2 heterocycles. The van der Waals surface area contributed by atoms with Crippen LogP contribution in [0.4, 0.5) is 11.6 Å². The molecule has 0 atom stereocenters. The Morgan fingerprint density at radius 2 is 1.89 bits per heavy atom. The van der Waals surface area contributed by atoms with Gasteiger partial charge in [-0.1, -0.05) is 24.3 Å². The van der Waals surface area contributed by atoms with Gasteiger partial charge in [0.15, 0.2) is 5.82 Å². The van der Waals surface area contributed by atoms with E-state index in [0.717, 1.165) is 0 Å². The first-order valence-corrected chi connectivity index (χ1v) is 8.28. The summed E-state index contributed by atoms with van der Waals surface area (Å²) in [6.45, 7) is 1.56. The molecule has 0 saturated carbocycles. The number of hydrazine groups is 1. The summed E-state index contributed by atoms with van der Waals surface area (Å²) in [6.07, 6.45) is 3.53. The van der Waals surface area contributed by atoms with Crippen molar-refractivity contribution in [2.24, 2.45) is 10.2 Å². The summed E-state index contributed by atoms with van der Waals surface area (Å²) in [7, 11) is 1.51. The number of aliphatic hydroxyl groups excluding tert-OH is 1. The lowest BCUT2D eigenvalue weighted by molar-refractivity contribution is -0.117. The number of aliphatic hydroxyl groups is 1. The number of nitrogens with zero attached hydrogens (tertiary/aromatic N) is 8. The Morgan fingerprint density at radius 1 is 1.14 bits per heavy atom. The number of carbonyl (C=O) groups is 1. The van der Waals surface area contributed by atoms with Crippen molar-refractivity contribution in [3.8, 4) is 5.82 Å². The van der Waals surface area contributed by atoms with Gasteiger partial charge >= 0.3 is 0 Å². The van der Waals surface area contributed by atoms with Crippen LogP contribution < -0.4 is 5.01 Å². The van der Waals surface area contributed by atoms with Crippen LogP contribution in [-0.2, 0) is 4.79 Å². The predicted molar refractivity (Wildman–Crippen MR) is 102 cm³/mol. The van der Waals surface area contributed by atoms with Gasteiger partial charge in [-0.3, -0.25) is 9.80 Å². The molecule has 0 radical (unpaired) electrons. The number of aromatic nitrogens is 4. The second-order valence-electron chi connectivity index (χ2n) is 5.60. The fourth-order valence-corrected chi connectivity index (χ4v) is 2.33. The van der Waals surface area contributed by atoms with Crippen molar-refractivity contribution in [1.82, 2.24) is 24.8 Å². The van der Waals surface area contributed by atoms with Gasteiger partial charge in [-0.2, -0.15) is 14.8 Å². The molecule has 3 aromatic rings. The van der Waals surface area contributed by atoms with Crippen LogP contribution in [0.2, 0.25) is 0 Å². The Morgan fingerprint density at radius 3 is 2.57 bits per heavy atom. The predicted octanol–water partition coefficient (Wildman–Crippen LogP) is 3.00. The van der Waals surface area contributed by atoms with Crippen LogP contribution >= 0.6 is 0 Å². The van der Waals surface area contributed by atoms with Gasteiger partial charge in [0.1, 0.15) is 12.0 Å². The molecule has 10 heteroatoms. The molecule has 10 nitrogen and oxygen atoms in total. The van der Waals surface area contributed by atoms with E-state index in [9.17, 15) is 9.90 Å². The van der Waals surface area contributed by atoms with Gasteiger partial charge in [0, 0.05) is 13.2 Å². The number of azo groups is 1. The summed E-state index contributed by atoms with van der Waals surface area (Å²) in [5, 5.41) is 25.3. The van der Waals surface area contributed by atoms with Crippen LogP contribution in [0.3, 0.4) is 0 Å².